The molecule has 1 heterocycles. The van der Waals surface area contributed by atoms with Gasteiger partial charge >= 0.3 is 6.18 Å². The van der Waals surface area contributed by atoms with Crippen LogP contribution in [0.3, 0.4) is 0 Å². The van der Waals surface area contributed by atoms with E-state index in [0.717, 1.165) is 41.3 Å². The highest BCUT2D eigenvalue weighted by atomic mass is 32.2. The molecular formula is C27H31F3N2O2S. The van der Waals surface area contributed by atoms with Crippen LogP contribution in [0.4, 0.5) is 23.7 Å². The van der Waals surface area contributed by atoms with E-state index in [1.807, 2.05) is 19.9 Å². The number of thioether (sulfide) groups is 1. The quantitative estimate of drug-likeness (QED) is 0.505. The minimum absolute atomic E-state index is 0.167. The van der Waals surface area contributed by atoms with Crippen LogP contribution in [-0.2, 0) is 28.2 Å². The standard InChI is InChI=1S/C27H31F3N2O2S/c1-25(2)9-10-26(3,4)20-14-18(27(28,29)30)17(13-19(20)25)16-8-7-15(11-21(16)32(5)6)12-22-23(33)31-24(34)35-22/h7-8,11,13-14,22H,9-10,12H2,1-6H3,(H,31,33,34). The lowest BCUT2D eigenvalue weighted by atomic mass is 9.62. The molecule has 188 valence electrons. The number of alkyl halides is 3. The van der Waals surface area contributed by atoms with Gasteiger partial charge < -0.3 is 4.90 Å². The van der Waals surface area contributed by atoms with Gasteiger partial charge in [-0.05, 0) is 70.5 Å². The fourth-order valence-electron chi connectivity index (χ4n) is 5.11. The maximum atomic E-state index is 14.4. The van der Waals surface area contributed by atoms with Crippen LogP contribution in [0, 0.1) is 0 Å². The Labute approximate surface area is 208 Å². The fraction of sp³-hybridized carbons (Fsp3) is 0.481. The monoisotopic (exact) mass is 504 g/mol. The Balaban J connectivity index is 1.88. The van der Waals surface area contributed by atoms with Gasteiger partial charge in [0.2, 0.25) is 5.91 Å². The van der Waals surface area contributed by atoms with Crippen molar-refractivity contribution in [2.45, 2.75) is 69.2 Å². The zero-order chi connectivity index (χ0) is 25.9. The number of imide groups is 1. The molecule has 2 aromatic carbocycles. The Hall–Kier alpha value is -2.48. The zero-order valence-electron chi connectivity index (χ0n) is 20.9. The summed E-state index contributed by atoms with van der Waals surface area (Å²) < 4.78 is 43.3. The van der Waals surface area contributed by atoms with Gasteiger partial charge in [0.1, 0.15) is 0 Å². The second kappa shape index (κ2) is 8.57. The Morgan fingerprint density at radius 1 is 0.971 bits per heavy atom. The van der Waals surface area contributed by atoms with E-state index in [1.54, 1.807) is 37.2 Å². The van der Waals surface area contributed by atoms with Crippen molar-refractivity contribution < 1.29 is 22.8 Å². The van der Waals surface area contributed by atoms with Gasteiger partial charge in [-0.1, -0.05) is 51.6 Å². The Bertz CT molecular complexity index is 1200. The van der Waals surface area contributed by atoms with Crippen LogP contribution in [0.25, 0.3) is 11.1 Å². The molecule has 1 N–H and O–H groups in total. The first-order chi connectivity index (χ1) is 16.1. The molecule has 0 bridgehead atoms. The zero-order valence-corrected chi connectivity index (χ0v) is 21.7. The van der Waals surface area contributed by atoms with E-state index >= 15 is 0 Å². The number of hydrogen-bond acceptors (Lipinski definition) is 4. The molecule has 0 spiro atoms. The predicted octanol–water partition coefficient (Wildman–Crippen LogP) is 6.68. The van der Waals surface area contributed by atoms with E-state index in [0.29, 0.717) is 17.7 Å². The van der Waals surface area contributed by atoms with Gasteiger partial charge in [0, 0.05) is 25.3 Å². The molecule has 2 aliphatic rings. The molecular weight excluding hydrogens is 473 g/mol. The Morgan fingerprint density at radius 3 is 2.09 bits per heavy atom. The van der Waals surface area contributed by atoms with Gasteiger partial charge in [-0.3, -0.25) is 14.9 Å². The molecule has 1 saturated heterocycles. The van der Waals surface area contributed by atoms with Crippen LogP contribution >= 0.6 is 11.8 Å². The van der Waals surface area contributed by atoms with Crippen molar-refractivity contribution in [2.24, 2.45) is 0 Å². The third kappa shape index (κ3) is 4.82. The first-order valence-electron chi connectivity index (χ1n) is 11.7. The summed E-state index contributed by atoms with van der Waals surface area (Å²) in [6.07, 6.45) is -2.46. The smallest absolute Gasteiger partial charge is 0.377 e. The highest BCUT2D eigenvalue weighted by Crippen LogP contribution is 2.51. The minimum Gasteiger partial charge on any atom is -0.377 e. The van der Waals surface area contributed by atoms with Crippen molar-refractivity contribution in [1.29, 1.82) is 0 Å². The molecule has 0 aromatic heterocycles. The van der Waals surface area contributed by atoms with Crippen LogP contribution in [0.1, 0.15) is 62.8 Å². The molecule has 1 aliphatic heterocycles. The van der Waals surface area contributed by atoms with Crippen molar-refractivity contribution in [1.82, 2.24) is 5.32 Å². The van der Waals surface area contributed by atoms with Crippen LogP contribution in [0.15, 0.2) is 30.3 Å². The van der Waals surface area contributed by atoms with E-state index in [-0.39, 0.29) is 27.5 Å². The summed E-state index contributed by atoms with van der Waals surface area (Å²) in [6, 6.07) is 8.40. The van der Waals surface area contributed by atoms with Gasteiger partial charge in [-0.25, -0.2) is 0 Å². The second-order valence-electron chi connectivity index (χ2n) is 11.0. The summed E-state index contributed by atoms with van der Waals surface area (Å²) in [7, 11) is 3.59. The van der Waals surface area contributed by atoms with Gasteiger partial charge in [0.05, 0.1) is 10.8 Å². The van der Waals surface area contributed by atoms with Crippen LogP contribution in [-0.4, -0.2) is 30.5 Å². The number of halogens is 3. The average molecular weight is 505 g/mol. The number of nitrogens with zero attached hydrogens (tertiary/aromatic N) is 1. The molecule has 8 heteroatoms. The number of carbonyl (C=O) groups excluding carboxylic acids is 2. The molecule has 0 saturated carbocycles. The molecule has 4 nitrogen and oxygen atoms in total. The molecule has 4 rings (SSSR count). The van der Waals surface area contributed by atoms with Gasteiger partial charge in [0.25, 0.3) is 5.24 Å². The number of hydrogen-bond donors (Lipinski definition) is 1. The number of benzene rings is 2. The summed E-state index contributed by atoms with van der Waals surface area (Å²) in [4.78, 5) is 25.3. The number of carbonyl (C=O) groups is 2. The van der Waals surface area contributed by atoms with Crippen LogP contribution in [0.5, 0.6) is 0 Å². The molecule has 1 atom stereocenters. The molecule has 0 radical (unpaired) electrons. The first kappa shape index (κ1) is 25.6. The van der Waals surface area contributed by atoms with Crippen molar-refractivity contribution in [2.75, 3.05) is 19.0 Å². The summed E-state index contributed by atoms with van der Waals surface area (Å²) in [6.45, 7) is 8.23. The number of rotatable bonds is 4. The Kier molecular flexibility index (Phi) is 6.27. The number of amides is 2. The largest absolute Gasteiger partial charge is 0.417 e. The van der Waals surface area contributed by atoms with Gasteiger partial charge in [0.15, 0.2) is 0 Å². The molecule has 1 fully saturated rings. The van der Waals surface area contributed by atoms with E-state index in [4.69, 9.17) is 0 Å². The van der Waals surface area contributed by atoms with Crippen LogP contribution in [0.2, 0.25) is 0 Å². The van der Waals surface area contributed by atoms with Crippen molar-refractivity contribution in [3.8, 4) is 11.1 Å². The highest BCUT2D eigenvalue weighted by Gasteiger charge is 2.42. The lowest BCUT2D eigenvalue weighted by Crippen LogP contribution is -2.34. The maximum Gasteiger partial charge on any atom is 0.417 e. The average Bonchev–Trinajstić information content (AvgIpc) is 3.06. The normalized spacial score (nSPS) is 21.0. The fourth-order valence-corrected chi connectivity index (χ4v) is 5.97. The highest BCUT2D eigenvalue weighted by molar-refractivity contribution is 8.15. The van der Waals surface area contributed by atoms with Gasteiger partial charge in [-0.15, -0.1) is 0 Å². The van der Waals surface area contributed by atoms with Crippen molar-refractivity contribution in [3.05, 3.63) is 52.6 Å². The van der Waals surface area contributed by atoms with Gasteiger partial charge in [-0.2, -0.15) is 13.2 Å². The lowest BCUT2D eigenvalue weighted by Gasteiger charge is -2.42. The second-order valence-corrected chi connectivity index (χ2v) is 12.2. The number of fused-ring (bicyclic) bond motifs is 1. The molecule has 2 amide bonds. The first-order valence-corrected chi connectivity index (χ1v) is 12.6. The summed E-state index contributed by atoms with van der Waals surface area (Å²) in [5.41, 5.74) is 2.60. The SMILES string of the molecule is CN(C)c1cc(CC2SC(=O)NC2=O)ccc1-c1cc2c(cc1C(F)(F)F)C(C)(C)CCC2(C)C. The van der Waals surface area contributed by atoms with E-state index in [2.05, 4.69) is 19.2 Å². The predicted molar refractivity (Wildman–Crippen MR) is 135 cm³/mol. The lowest BCUT2D eigenvalue weighted by molar-refractivity contribution is -0.137. The molecule has 1 aliphatic carbocycles. The van der Waals surface area contributed by atoms with Crippen LogP contribution < -0.4 is 10.2 Å². The molecule has 35 heavy (non-hydrogen) atoms. The molecule has 1 unspecified atom stereocenters. The third-order valence-corrected chi connectivity index (χ3v) is 8.30. The molecule has 2 aromatic rings. The number of anilines is 1. The topological polar surface area (TPSA) is 49.4 Å². The summed E-state index contributed by atoms with van der Waals surface area (Å²) in [5.74, 6) is -0.339. The minimum atomic E-state index is -4.51. The maximum absolute atomic E-state index is 14.4. The third-order valence-electron chi connectivity index (χ3n) is 7.32. The summed E-state index contributed by atoms with van der Waals surface area (Å²) in [5, 5.41) is 1.36. The number of nitrogens with one attached hydrogen (secondary N) is 1. The van der Waals surface area contributed by atoms with E-state index < -0.39 is 17.0 Å². The van der Waals surface area contributed by atoms with Crippen molar-refractivity contribution in [3.63, 3.8) is 0 Å². The summed E-state index contributed by atoms with van der Waals surface area (Å²) >= 11 is 0.942. The Morgan fingerprint density at radius 2 is 1.57 bits per heavy atom. The van der Waals surface area contributed by atoms with Crippen molar-refractivity contribution >= 4 is 28.6 Å². The van der Waals surface area contributed by atoms with E-state index in [9.17, 15) is 22.8 Å². The van der Waals surface area contributed by atoms with E-state index in [1.165, 1.54) is 6.07 Å².